The number of allylic oxidation sites excluding steroid dienone is 1. The monoisotopic (exact) mass is 654 g/mol. The van der Waals surface area contributed by atoms with Crippen molar-refractivity contribution in [2.24, 2.45) is 9.98 Å². The first-order valence-electron chi connectivity index (χ1n) is 15.1. The number of aliphatic imine (C=N–C) groups is 2. The number of rotatable bonds is 15. The van der Waals surface area contributed by atoms with Crippen LogP contribution in [0.3, 0.4) is 0 Å². The second-order valence-corrected chi connectivity index (χ2v) is 10.2. The molecule has 0 fully saturated rings. The van der Waals surface area contributed by atoms with Crippen molar-refractivity contribution in [1.82, 2.24) is 10.6 Å². The van der Waals surface area contributed by atoms with Crippen molar-refractivity contribution >= 4 is 29.1 Å². The summed E-state index contributed by atoms with van der Waals surface area (Å²) in [6.07, 6.45) is -3.83. The molecule has 0 bridgehead atoms. The van der Waals surface area contributed by atoms with Crippen LogP contribution in [0.2, 0.25) is 0 Å². The number of amides is 1. The molecule has 0 atom stereocenters. The Hall–Kier alpha value is -4.88. The van der Waals surface area contributed by atoms with E-state index in [4.69, 9.17) is 14.5 Å². The Kier molecular flexibility index (Phi) is 14.7. The zero-order chi connectivity index (χ0) is 34.1. The quantitative estimate of drug-likeness (QED) is 0.0555. The van der Waals surface area contributed by atoms with Crippen LogP contribution < -0.4 is 21.3 Å². The summed E-state index contributed by atoms with van der Waals surface area (Å²) in [4.78, 5) is 21.5. The first-order chi connectivity index (χ1) is 22.6. The summed E-state index contributed by atoms with van der Waals surface area (Å²) in [6.45, 7) is 7.23. The van der Waals surface area contributed by atoms with E-state index < -0.39 is 23.2 Å². The number of guanidine groups is 1. The fourth-order valence-electron chi connectivity index (χ4n) is 4.01. The normalized spacial score (nSPS) is 12.7. The van der Waals surface area contributed by atoms with Crippen molar-refractivity contribution in [2.45, 2.75) is 33.4 Å². The number of carbonyl (C=O) groups excluding carboxylic acids is 1. The molecule has 47 heavy (non-hydrogen) atoms. The fraction of sp³-hybridized carbons (Fsp3) is 0.324. The van der Waals surface area contributed by atoms with Gasteiger partial charge in [0.25, 0.3) is 5.91 Å². The highest BCUT2D eigenvalue weighted by Gasteiger charge is 2.34. The van der Waals surface area contributed by atoms with Gasteiger partial charge in [0.1, 0.15) is 11.6 Å². The Bertz CT molecular complexity index is 1510. The third-order valence-electron chi connectivity index (χ3n) is 6.59. The largest absolute Gasteiger partial charge is 0.508 e. The van der Waals surface area contributed by atoms with Gasteiger partial charge in [0.05, 0.1) is 49.9 Å². The third-order valence-corrected chi connectivity index (χ3v) is 6.59. The van der Waals surface area contributed by atoms with Crippen LogP contribution in [-0.4, -0.2) is 62.3 Å². The molecule has 13 heteroatoms. The number of alkyl halides is 3. The number of nitrogens with zero attached hydrogens (tertiary/aromatic N) is 2. The lowest BCUT2D eigenvalue weighted by Gasteiger charge is -2.16. The molecule has 1 amide bonds. The van der Waals surface area contributed by atoms with Gasteiger partial charge in [-0.1, -0.05) is 37.3 Å². The summed E-state index contributed by atoms with van der Waals surface area (Å²) >= 11 is 0. The highest BCUT2D eigenvalue weighted by atomic mass is 19.4. The summed E-state index contributed by atoms with van der Waals surface area (Å²) in [6, 6.07) is 21.0. The number of benzene rings is 3. The minimum atomic E-state index is -4.62. The van der Waals surface area contributed by atoms with Crippen LogP contribution in [0, 0.1) is 0 Å². The van der Waals surface area contributed by atoms with Crippen molar-refractivity contribution in [1.29, 1.82) is 0 Å². The molecule has 0 aliphatic heterocycles. The van der Waals surface area contributed by atoms with Gasteiger partial charge < -0.3 is 35.8 Å². The average Bonchev–Trinajstić information content (AvgIpc) is 3.05. The molecule has 0 saturated carbocycles. The van der Waals surface area contributed by atoms with Crippen LogP contribution >= 0.6 is 0 Å². The molecule has 3 rings (SSSR count). The molecule has 0 radical (unpaired) electrons. The molecular weight excluding hydrogens is 613 g/mol. The van der Waals surface area contributed by atoms with E-state index in [0.717, 1.165) is 29.8 Å². The van der Waals surface area contributed by atoms with Gasteiger partial charge in [0.2, 0.25) is 5.96 Å². The first kappa shape index (κ1) is 36.6. The maximum atomic E-state index is 13.1. The van der Waals surface area contributed by atoms with E-state index >= 15 is 0 Å². The van der Waals surface area contributed by atoms with E-state index in [1.807, 2.05) is 37.3 Å². The van der Waals surface area contributed by atoms with Crippen molar-refractivity contribution < 1.29 is 32.5 Å². The minimum absolute atomic E-state index is 0.0534. The predicted octanol–water partition coefficient (Wildman–Crippen LogP) is 6.40. The van der Waals surface area contributed by atoms with Crippen molar-refractivity contribution in [2.75, 3.05) is 50.2 Å². The summed E-state index contributed by atoms with van der Waals surface area (Å²) in [5.74, 6) is 1.02. The third kappa shape index (κ3) is 13.2. The SMILES string of the molecule is CC/C(C)=C(/N=C(\NC(C)=NCCOCCOCCNC(=O)c1ccccc1C(F)(F)F)Nc1ccc(O)cc1)Nc1ccccc1. The number of anilines is 2. The number of phenols is 1. The molecule has 3 aromatic rings. The maximum absolute atomic E-state index is 13.1. The number of nitrogens with one attached hydrogen (secondary N) is 4. The number of hydrogen-bond donors (Lipinski definition) is 5. The van der Waals surface area contributed by atoms with Crippen LogP contribution in [0.15, 0.2) is 100 Å². The number of para-hydroxylation sites is 1. The molecule has 3 aromatic carbocycles. The molecule has 0 aliphatic carbocycles. The lowest BCUT2D eigenvalue weighted by atomic mass is 10.1. The van der Waals surface area contributed by atoms with Crippen molar-refractivity contribution in [3.63, 3.8) is 0 Å². The predicted molar refractivity (Wildman–Crippen MR) is 179 cm³/mol. The smallest absolute Gasteiger partial charge is 0.417 e. The Labute approximate surface area is 272 Å². The van der Waals surface area contributed by atoms with E-state index in [-0.39, 0.29) is 32.1 Å². The molecule has 0 aliphatic rings. The van der Waals surface area contributed by atoms with E-state index in [9.17, 15) is 23.1 Å². The van der Waals surface area contributed by atoms with Gasteiger partial charge >= 0.3 is 6.18 Å². The zero-order valence-corrected chi connectivity index (χ0v) is 26.7. The molecule has 5 N–H and O–H groups in total. The Morgan fingerprint density at radius 2 is 1.47 bits per heavy atom. The average molecular weight is 655 g/mol. The first-order valence-corrected chi connectivity index (χ1v) is 15.1. The minimum Gasteiger partial charge on any atom is -0.508 e. The van der Waals surface area contributed by atoms with Crippen LogP contribution in [0.1, 0.15) is 43.1 Å². The maximum Gasteiger partial charge on any atom is 0.417 e. The number of hydrogen-bond acceptors (Lipinski definition) is 7. The lowest BCUT2D eigenvalue weighted by Crippen LogP contribution is -2.35. The number of carbonyl (C=O) groups is 1. The van der Waals surface area contributed by atoms with Gasteiger partial charge in [-0.15, -0.1) is 0 Å². The Balaban J connectivity index is 1.46. The van der Waals surface area contributed by atoms with E-state index in [1.54, 1.807) is 31.2 Å². The number of aromatic hydroxyl groups is 1. The van der Waals surface area contributed by atoms with Gasteiger partial charge in [-0.3, -0.25) is 9.79 Å². The summed E-state index contributed by atoms with van der Waals surface area (Å²) in [5, 5.41) is 21.9. The topological polar surface area (TPSA) is 129 Å². The van der Waals surface area contributed by atoms with Gasteiger partial charge in [0, 0.05) is 17.9 Å². The Morgan fingerprint density at radius 1 is 0.830 bits per heavy atom. The van der Waals surface area contributed by atoms with Gasteiger partial charge in [0.15, 0.2) is 0 Å². The van der Waals surface area contributed by atoms with Crippen LogP contribution in [0.4, 0.5) is 24.5 Å². The van der Waals surface area contributed by atoms with Crippen LogP contribution in [0.25, 0.3) is 0 Å². The van der Waals surface area contributed by atoms with E-state index in [1.165, 1.54) is 12.1 Å². The molecular formula is C34H41F3N6O4. The standard InChI is InChI=1S/C34H41F3N6O4/c1-4-24(2)31(41-26-10-6-5-7-11-26)43-33(42-27-14-16-28(44)17-15-27)40-25(3)38-18-20-46-22-23-47-21-19-39-32(45)29-12-8-9-13-30(29)34(35,36)37/h5-17,41,44H,4,18-23H2,1-3H3,(H,39,45)(H2,38,40,42,43)/b31-24+. The van der Waals surface area contributed by atoms with E-state index in [2.05, 4.69) is 33.2 Å². The number of amidine groups is 1. The van der Waals surface area contributed by atoms with Gasteiger partial charge in [-0.25, -0.2) is 0 Å². The van der Waals surface area contributed by atoms with Gasteiger partial charge in [-0.2, -0.15) is 18.2 Å². The molecule has 0 aromatic heterocycles. The second kappa shape index (κ2) is 18.9. The number of phenolic OH excluding ortho intramolecular Hbond substituents is 1. The number of ether oxygens (including phenoxy) is 2. The summed E-state index contributed by atoms with van der Waals surface area (Å²) in [5.41, 5.74) is 1.24. The summed E-state index contributed by atoms with van der Waals surface area (Å²) in [7, 11) is 0. The highest BCUT2D eigenvalue weighted by Crippen LogP contribution is 2.31. The van der Waals surface area contributed by atoms with E-state index in [0.29, 0.717) is 36.5 Å². The molecule has 0 heterocycles. The molecule has 0 saturated heterocycles. The van der Waals surface area contributed by atoms with Crippen LogP contribution in [-0.2, 0) is 15.7 Å². The highest BCUT2D eigenvalue weighted by molar-refractivity contribution is 6.05. The molecule has 252 valence electrons. The van der Waals surface area contributed by atoms with Gasteiger partial charge in [-0.05, 0) is 74.4 Å². The second-order valence-electron chi connectivity index (χ2n) is 10.2. The van der Waals surface area contributed by atoms with Crippen LogP contribution in [0.5, 0.6) is 5.75 Å². The molecule has 0 unspecified atom stereocenters. The summed E-state index contributed by atoms with van der Waals surface area (Å²) < 4.78 is 50.3. The number of halogens is 3. The fourth-order valence-corrected chi connectivity index (χ4v) is 4.01. The molecule has 10 nitrogen and oxygen atoms in total. The lowest BCUT2D eigenvalue weighted by molar-refractivity contribution is -0.137. The molecule has 0 spiro atoms. The zero-order valence-electron chi connectivity index (χ0n) is 26.7. The van der Waals surface area contributed by atoms with Crippen molar-refractivity contribution in [3.05, 3.63) is 101 Å². The Morgan fingerprint density at radius 3 is 2.15 bits per heavy atom. The van der Waals surface area contributed by atoms with Crippen molar-refractivity contribution in [3.8, 4) is 5.75 Å².